The number of carbonyl (C=O) groups excluding carboxylic acids is 1. The topological polar surface area (TPSA) is 70.9 Å². The maximum Gasteiger partial charge on any atom is 0.268 e. The molecule has 2 aromatic rings. The molecule has 0 bridgehead atoms. The Bertz CT molecular complexity index is 638. The van der Waals surface area contributed by atoms with E-state index in [-0.39, 0.29) is 11.4 Å². The van der Waals surface area contributed by atoms with Crippen LogP contribution in [0.3, 0.4) is 0 Å². The maximum atomic E-state index is 12.4. The van der Waals surface area contributed by atoms with Crippen LogP contribution in [0.15, 0.2) is 24.3 Å². The Morgan fingerprint density at radius 1 is 1.25 bits per heavy atom. The zero-order chi connectivity index (χ0) is 14.2. The molecular formula is C16H21N3O. The van der Waals surface area contributed by atoms with Gasteiger partial charge in [0, 0.05) is 22.1 Å². The Balaban J connectivity index is 1.81. The van der Waals surface area contributed by atoms with Crippen LogP contribution in [0.5, 0.6) is 0 Å². The first-order chi connectivity index (χ1) is 9.56. The Morgan fingerprint density at radius 2 is 2.00 bits per heavy atom. The van der Waals surface area contributed by atoms with Gasteiger partial charge in [-0.05, 0) is 44.0 Å². The summed E-state index contributed by atoms with van der Waals surface area (Å²) in [5.74, 6) is -0.0239. The number of H-pyrrole nitrogens is 1. The van der Waals surface area contributed by atoms with Crippen molar-refractivity contribution in [1.29, 1.82) is 0 Å². The normalized spacial score (nSPS) is 18.1. The predicted octanol–water partition coefficient (Wildman–Crippen LogP) is 3.20. The van der Waals surface area contributed by atoms with E-state index in [1.807, 2.05) is 24.3 Å². The van der Waals surface area contributed by atoms with E-state index in [1.165, 1.54) is 19.3 Å². The van der Waals surface area contributed by atoms with Crippen LogP contribution in [0.25, 0.3) is 10.9 Å². The van der Waals surface area contributed by atoms with Crippen LogP contribution in [0.2, 0.25) is 0 Å². The molecule has 4 nitrogen and oxygen atoms in total. The van der Waals surface area contributed by atoms with Crippen LogP contribution in [0, 0.1) is 0 Å². The molecule has 106 valence electrons. The van der Waals surface area contributed by atoms with E-state index in [9.17, 15) is 4.79 Å². The number of carbonyl (C=O) groups is 1. The summed E-state index contributed by atoms with van der Waals surface area (Å²) in [5.41, 5.74) is 7.96. The smallest absolute Gasteiger partial charge is 0.268 e. The van der Waals surface area contributed by atoms with Gasteiger partial charge in [0.25, 0.3) is 5.91 Å². The van der Waals surface area contributed by atoms with Gasteiger partial charge in [0.1, 0.15) is 5.69 Å². The molecule has 4 heteroatoms. The largest absolute Gasteiger partial charge is 0.399 e. The lowest BCUT2D eigenvalue weighted by molar-refractivity contribution is 0.0878. The van der Waals surface area contributed by atoms with E-state index in [0.29, 0.717) is 11.4 Å². The molecule has 1 saturated carbocycles. The molecule has 0 aliphatic heterocycles. The number of benzene rings is 1. The van der Waals surface area contributed by atoms with Gasteiger partial charge in [0.2, 0.25) is 0 Å². The van der Waals surface area contributed by atoms with Crippen molar-refractivity contribution in [1.82, 2.24) is 10.3 Å². The van der Waals surface area contributed by atoms with E-state index in [2.05, 4.69) is 17.2 Å². The first-order valence-electron chi connectivity index (χ1n) is 7.27. The Morgan fingerprint density at radius 3 is 2.75 bits per heavy atom. The maximum absolute atomic E-state index is 12.4. The number of aromatic nitrogens is 1. The van der Waals surface area contributed by atoms with Gasteiger partial charge < -0.3 is 16.0 Å². The summed E-state index contributed by atoms with van der Waals surface area (Å²) in [6.45, 7) is 2.14. The quantitative estimate of drug-likeness (QED) is 0.734. The zero-order valence-corrected chi connectivity index (χ0v) is 11.8. The summed E-state index contributed by atoms with van der Waals surface area (Å²) in [5, 5.41) is 4.16. The summed E-state index contributed by atoms with van der Waals surface area (Å²) in [7, 11) is 0. The Hall–Kier alpha value is -1.97. The molecule has 0 radical (unpaired) electrons. The zero-order valence-electron chi connectivity index (χ0n) is 11.8. The molecular weight excluding hydrogens is 250 g/mol. The van der Waals surface area contributed by atoms with Gasteiger partial charge in [0.05, 0.1) is 0 Å². The number of aromatic amines is 1. The van der Waals surface area contributed by atoms with Crippen LogP contribution in [-0.4, -0.2) is 16.4 Å². The molecule has 1 aromatic heterocycles. The van der Waals surface area contributed by atoms with Gasteiger partial charge in [-0.1, -0.05) is 19.3 Å². The van der Waals surface area contributed by atoms with E-state index >= 15 is 0 Å². The Labute approximate surface area is 118 Å². The van der Waals surface area contributed by atoms with Crippen molar-refractivity contribution >= 4 is 22.5 Å². The van der Waals surface area contributed by atoms with Crippen molar-refractivity contribution in [2.24, 2.45) is 0 Å². The number of amides is 1. The van der Waals surface area contributed by atoms with Crippen LogP contribution in [0.1, 0.15) is 49.5 Å². The number of nitrogens with one attached hydrogen (secondary N) is 2. The molecule has 1 aromatic carbocycles. The summed E-state index contributed by atoms with van der Waals surface area (Å²) >= 11 is 0. The molecule has 1 aliphatic carbocycles. The average Bonchev–Trinajstić information content (AvgIpc) is 2.82. The lowest BCUT2D eigenvalue weighted by atomic mass is 9.83. The van der Waals surface area contributed by atoms with Crippen molar-refractivity contribution in [2.45, 2.75) is 44.6 Å². The summed E-state index contributed by atoms with van der Waals surface area (Å²) in [4.78, 5) is 15.6. The second-order valence-electron chi connectivity index (χ2n) is 6.11. The summed E-state index contributed by atoms with van der Waals surface area (Å²) in [6, 6.07) is 7.49. The van der Waals surface area contributed by atoms with Gasteiger partial charge in [-0.3, -0.25) is 4.79 Å². The molecule has 0 unspecified atom stereocenters. The highest BCUT2D eigenvalue weighted by atomic mass is 16.2. The molecule has 1 aliphatic rings. The minimum atomic E-state index is -0.0638. The second-order valence-corrected chi connectivity index (χ2v) is 6.11. The van der Waals surface area contributed by atoms with Gasteiger partial charge in [-0.2, -0.15) is 0 Å². The van der Waals surface area contributed by atoms with E-state index in [4.69, 9.17) is 5.73 Å². The standard InChI is InChI=1S/C16H21N3O/c1-16(7-3-2-4-8-16)19-15(20)14-10-11-9-12(17)5-6-13(11)18-14/h5-6,9-10,18H,2-4,7-8,17H2,1H3,(H,19,20). The fourth-order valence-electron chi connectivity index (χ4n) is 3.07. The molecule has 1 heterocycles. The average molecular weight is 271 g/mol. The van der Waals surface area contributed by atoms with Crippen molar-refractivity contribution in [3.8, 4) is 0 Å². The molecule has 1 amide bonds. The van der Waals surface area contributed by atoms with Crippen molar-refractivity contribution in [2.75, 3.05) is 5.73 Å². The Kier molecular flexibility index (Phi) is 3.16. The van der Waals surface area contributed by atoms with Crippen LogP contribution in [-0.2, 0) is 0 Å². The number of rotatable bonds is 2. The fraction of sp³-hybridized carbons (Fsp3) is 0.438. The number of anilines is 1. The third-order valence-corrected chi connectivity index (χ3v) is 4.26. The number of hydrogen-bond acceptors (Lipinski definition) is 2. The number of hydrogen-bond donors (Lipinski definition) is 3. The predicted molar refractivity (Wildman–Crippen MR) is 81.7 cm³/mol. The monoisotopic (exact) mass is 271 g/mol. The summed E-state index contributed by atoms with van der Waals surface area (Å²) < 4.78 is 0. The fourth-order valence-corrected chi connectivity index (χ4v) is 3.07. The van der Waals surface area contributed by atoms with Gasteiger partial charge in [0.15, 0.2) is 0 Å². The van der Waals surface area contributed by atoms with Gasteiger partial charge in [-0.25, -0.2) is 0 Å². The minimum absolute atomic E-state index is 0.0239. The van der Waals surface area contributed by atoms with Crippen molar-refractivity contribution in [3.63, 3.8) is 0 Å². The van der Waals surface area contributed by atoms with Gasteiger partial charge >= 0.3 is 0 Å². The number of fused-ring (bicyclic) bond motifs is 1. The van der Waals surface area contributed by atoms with Crippen molar-refractivity contribution < 1.29 is 4.79 Å². The molecule has 1 fully saturated rings. The third kappa shape index (κ3) is 2.50. The molecule has 20 heavy (non-hydrogen) atoms. The molecule has 0 saturated heterocycles. The summed E-state index contributed by atoms with van der Waals surface area (Å²) in [6.07, 6.45) is 5.79. The first-order valence-corrected chi connectivity index (χ1v) is 7.27. The lowest BCUT2D eigenvalue weighted by Gasteiger charge is -2.34. The molecule has 3 rings (SSSR count). The van der Waals surface area contributed by atoms with E-state index < -0.39 is 0 Å². The highest BCUT2D eigenvalue weighted by molar-refractivity contribution is 5.98. The molecule has 0 atom stereocenters. The highest BCUT2D eigenvalue weighted by Crippen LogP contribution is 2.28. The lowest BCUT2D eigenvalue weighted by Crippen LogP contribution is -2.47. The molecule has 4 N–H and O–H groups in total. The van der Waals surface area contributed by atoms with Crippen molar-refractivity contribution in [3.05, 3.63) is 30.0 Å². The highest BCUT2D eigenvalue weighted by Gasteiger charge is 2.29. The number of nitrogens with two attached hydrogens (primary N) is 1. The third-order valence-electron chi connectivity index (χ3n) is 4.26. The van der Waals surface area contributed by atoms with Crippen LogP contribution in [0.4, 0.5) is 5.69 Å². The van der Waals surface area contributed by atoms with E-state index in [1.54, 1.807) is 0 Å². The molecule has 0 spiro atoms. The van der Waals surface area contributed by atoms with Crippen LogP contribution >= 0.6 is 0 Å². The minimum Gasteiger partial charge on any atom is -0.399 e. The SMILES string of the molecule is CC1(NC(=O)c2cc3cc(N)ccc3[nH]2)CCCCC1. The number of nitrogen functional groups attached to an aromatic ring is 1. The van der Waals surface area contributed by atoms with Gasteiger partial charge in [-0.15, -0.1) is 0 Å². The first kappa shape index (κ1) is 13.0. The van der Waals surface area contributed by atoms with Crippen LogP contribution < -0.4 is 11.1 Å². The van der Waals surface area contributed by atoms with E-state index in [0.717, 1.165) is 23.7 Å². The second kappa shape index (κ2) is 4.85.